The molecule has 0 bridgehead atoms. The molecule has 0 spiro atoms. The summed E-state index contributed by atoms with van der Waals surface area (Å²) in [5, 5.41) is 0.389. The Hall–Kier alpha value is -0.960. The predicted molar refractivity (Wildman–Crippen MR) is 49.7 cm³/mol. The molecule has 0 fully saturated rings. The summed E-state index contributed by atoms with van der Waals surface area (Å²) in [5.74, 6) is 0.929. The summed E-state index contributed by atoms with van der Waals surface area (Å²) in [5.41, 5.74) is 7.31. The molecular formula is C8H11ClN2O. The van der Waals surface area contributed by atoms with Gasteiger partial charge in [-0.25, -0.2) is 4.98 Å². The van der Waals surface area contributed by atoms with E-state index in [9.17, 15) is 0 Å². The fraction of sp³-hybridized carbons (Fsp3) is 0.375. The van der Waals surface area contributed by atoms with Crippen LogP contribution in [0.5, 0.6) is 5.75 Å². The Morgan fingerprint density at radius 2 is 2.00 bits per heavy atom. The van der Waals surface area contributed by atoms with E-state index in [0.717, 1.165) is 11.3 Å². The van der Waals surface area contributed by atoms with Crippen molar-refractivity contribution in [1.82, 2.24) is 4.98 Å². The molecule has 0 atom stereocenters. The smallest absolute Gasteiger partial charge is 0.146 e. The molecule has 12 heavy (non-hydrogen) atoms. The lowest BCUT2D eigenvalue weighted by Gasteiger charge is -2.10. The van der Waals surface area contributed by atoms with Crippen molar-refractivity contribution in [2.75, 3.05) is 12.8 Å². The molecule has 4 heteroatoms. The van der Waals surface area contributed by atoms with Gasteiger partial charge in [0.25, 0.3) is 0 Å². The van der Waals surface area contributed by atoms with Gasteiger partial charge in [0.05, 0.1) is 7.11 Å². The van der Waals surface area contributed by atoms with Crippen LogP contribution in [0.4, 0.5) is 5.82 Å². The van der Waals surface area contributed by atoms with E-state index < -0.39 is 0 Å². The van der Waals surface area contributed by atoms with Crippen LogP contribution in [0.3, 0.4) is 0 Å². The minimum absolute atomic E-state index is 0.316. The van der Waals surface area contributed by atoms with Crippen LogP contribution in [-0.4, -0.2) is 12.1 Å². The lowest BCUT2D eigenvalue weighted by atomic mass is 10.2. The van der Waals surface area contributed by atoms with Crippen molar-refractivity contribution in [1.29, 1.82) is 0 Å². The quantitative estimate of drug-likeness (QED) is 0.729. The van der Waals surface area contributed by atoms with E-state index in [4.69, 9.17) is 22.1 Å². The minimum Gasteiger partial charge on any atom is -0.495 e. The number of halogens is 1. The van der Waals surface area contributed by atoms with Crippen molar-refractivity contribution in [2.24, 2.45) is 0 Å². The molecule has 0 saturated carbocycles. The molecule has 0 radical (unpaired) electrons. The Kier molecular flexibility index (Phi) is 2.43. The molecule has 3 nitrogen and oxygen atoms in total. The van der Waals surface area contributed by atoms with E-state index >= 15 is 0 Å². The van der Waals surface area contributed by atoms with Gasteiger partial charge in [-0.15, -0.1) is 0 Å². The highest BCUT2D eigenvalue weighted by atomic mass is 35.5. The lowest BCUT2D eigenvalue weighted by Crippen LogP contribution is -2.00. The number of nitrogens with two attached hydrogens (primary N) is 1. The van der Waals surface area contributed by atoms with E-state index in [1.54, 1.807) is 7.11 Å². The number of nitrogen functional groups attached to an aromatic ring is 1. The molecule has 1 rings (SSSR count). The van der Waals surface area contributed by atoms with Gasteiger partial charge in [-0.1, -0.05) is 11.6 Å². The summed E-state index contributed by atoms with van der Waals surface area (Å²) >= 11 is 5.86. The number of pyridine rings is 1. The van der Waals surface area contributed by atoms with Gasteiger partial charge >= 0.3 is 0 Å². The molecule has 1 aromatic rings. The molecule has 0 saturated heterocycles. The van der Waals surface area contributed by atoms with Crippen LogP contribution in [0, 0.1) is 13.8 Å². The maximum absolute atomic E-state index is 5.86. The fourth-order valence-electron chi connectivity index (χ4n) is 1.00. The van der Waals surface area contributed by atoms with Gasteiger partial charge in [-0.3, -0.25) is 0 Å². The topological polar surface area (TPSA) is 48.1 Å². The molecular weight excluding hydrogens is 176 g/mol. The largest absolute Gasteiger partial charge is 0.495 e. The second kappa shape index (κ2) is 3.19. The van der Waals surface area contributed by atoms with Gasteiger partial charge in [0.2, 0.25) is 0 Å². The third-order valence-corrected chi connectivity index (χ3v) is 2.17. The van der Waals surface area contributed by atoms with Crippen molar-refractivity contribution >= 4 is 17.4 Å². The number of methoxy groups -OCH3 is 1. The Labute approximate surface area is 76.5 Å². The molecule has 0 aliphatic rings. The van der Waals surface area contributed by atoms with E-state index in [-0.39, 0.29) is 0 Å². The summed E-state index contributed by atoms with van der Waals surface area (Å²) in [4.78, 5) is 4.05. The second-order valence-electron chi connectivity index (χ2n) is 2.55. The Balaban J connectivity index is 3.42. The average Bonchev–Trinajstić information content (AvgIpc) is 2.02. The molecule has 66 valence electrons. The normalized spacial score (nSPS) is 10.0. The van der Waals surface area contributed by atoms with E-state index in [2.05, 4.69) is 4.98 Å². The zero-order valence-corrected chi connectivity index (χ0v) is 8.07. The number of hydrogen-bond donors (Lipinski definition) is 1. The van der Waals surface area contributed by atoms with Crippen LogP contribution < -0.4 is 10.5 Å². The van der Waals surface area contributed by atoms with Crippen molar-refractivity contribution in [3.05, 3.63) is 16.3 Å². The first kappa shape index (κ1) is 9.13. The number of aromatic nitrogens is 1. The third-order valence-electron chi connectivity index (χ3n) is 1.80. The predicted octanol–water partition coefficient (Wildman–Crippen LogP) is 1.94. The first-order valence-electron chi connectivity index (χ1n) is 3.54. The minimum atomic E-state index is 0.316. The van der Waals surface area contributed by atoms with E-state index in [1.807, 2.05) is 13.8 Å². The number of anilines is 1. The number of ether oxygens (including phenoxy) is 1. The lowest BCUT2D eigenvalue weighted by molar-refractivity contribution is 0.411. The summed E-state index contributed by atoms with van der Waals surface area (Å²) in [6.07, 6.45) is 0. The number of rotatable bonds is 1. The van der Waals surface area contributed by atoms with Crippen LogP contribution in [0.1, 0.15) is 11.3 Å². The fourth-order valence-corrected chi connectivity index (χ4v) is 1.26. The van der Waals surface area contributed by atoms with E-state index in [1.165, 1.54) is 0 Å². The third kappa shape index (κ3) is 1.32. The molecule has 0 aromatic carbocycles. The van der Waals surface area contributed by atoms with Crippen LogP contribution in [0.2, 0.25) is 5.02 Å². The van der Waals surface area contributed by atoms with Gasteiger partial charge in [0.15, 0.2) is 0 Å². The number of nitrogens with zero attached hydrogens (tertiary/aromatic N) is 1. The first-order valence-corrected chi connectivity index (χ1v) is 3.92. The monoisotopic (exact) mass is 186 g/mol. The van der Waals surface area contributed by atoms with Crippen molar-refractivity contribution in [2.45, 2.75) is 13.8 Å². The van der Waals surface area contributed by atoms with Gasteiger partial charge < -0.3 is 10.5 Å². The summed E-state index contributed by atoms with van der Waals surface area (Å²) < 4.78 is 5.09. The maximum atomic E-state index is 5.86. The zero-order valence-electron chi connectivity index (χ0n) is 7.31. The average molecular weight is 187 g/mol. The zero-order chi connectivity index (χ0) is 9.30. The number of hydrogen-bond acceptors (Lipinski definition) is 3. The Bertz CT molecular complexity index is 286. The highest BCUT2D eigenvalue weighted by Crippen LogP contribution is 2.33. The first-order chi connectivity index (χ1) is 5.57. The standard InChI is InChI=1S/C8H11ClN2O/c1-4-5(2)11-8(10)6(9)7(4)12-3/h1-3H3,(H2,10,11). The molecule has 0 aliphatic heterocycles. The van der Waals surface area contributed by atoms with Crippen LogP contribution in [0.25, 0.3) is 0 Å². The second-order valence-corrected chi connectivity index (χ2v) is 2.93. The maximum Gasteiger partial charge on any atom is 0.146 e. The van der Waals surface area contributed by atoms with Gasteiger partial charge in [0, 0.05) is 11.3 Å². The Morgan fingerprint density at radius 3 is 2.50 bits per heavy atom. The summed E-state index contributed by atoms with van der Waals surface area (Å²) in [6, 6.07) is 0. The SMILES string of the molecule is COc1c(C)c(C)nc(N)c1Cl. The molecule has 0 amide bonds. The summed E-state index contributed by atoms with van der Waals surface area (Å²) in [6.45, 7) is 3.76. The molecule has 1 heterocycles. The molecule has 0 aliphatic carbocycles. The van der Waals surface area contributed by atoms with Crippen LogP contribution >= 0.6 is 11.6 Å². The van der Waals surface area contributed by atoms with Gasteiger partial charge in [-0.05, 0) is 13.8 Å². The van der Waals surface area contributed by atoms with Crippen LogP contribution in [-0.2, 0) is 0 Å². The Morgan fingerprint density at radius 1 is 1.42 bits per heavy atom. The number of aryl methyl sites for hydroxylation is 1. The van der Waals surface area contributed by atoms with E-state index in [0.29, 0.717) is 16.6 Å². The van der Waals surface area contributed by atoms with Crippen LogP contribution in [0.15, 0.2) is 0 Å². The highest BCUT2D eigenvalue weighted by Gasteiger charge is 2.11. The van der Waals surface area contributed by atoms with Gasteiger partial charge in [-0.2, -0.15) is 0 Å². The molecule has 2 N–H and O–H groups in total. The summed E-state index contributed by atoms with van der Waals surface area (Å²) in [7, 11) is 1.56. The van der Waals surface area contributed by atoms with Gasteiger partial charge in [0.1, 0.15) is 16.6 Å². The molecule has 0 unspecified atom stereocenters. The van der Waals surface area contributed by atoms with Crippen molar-refractivity contribution in [3.63, 3.8) is 0 Å². The van der Waals surface area contributed by atoms with Crippen molar-refractivity contribution < 1.29 is 4.74 Å². The highest BCUT2D eigenvalue weighted by molar-refractivity contribution is 6.34. The molecule has 1 aromatic heterocycles. The van der Waals surface area contributed by atoms with Crippen molar-refractivity contribution in [3.8, 4) is 5.75 Å².